The van der Waals surface area contributed by atoms with Gasteiger partial charge in [-0.1, -0.05) is 96.8 Å². The van der Waals surface area contributed by atoms with Crippen LogP contribution in [0.4, 0.5) is 0 Å². The first-order chi connectivity index (χ1) is 11.6. The summed E-state index contributed by atoms with van der Waals surface area (Å²) in [5.74, 6) is 4.60. The zero-order chi connectivity index (χ0) is 18.0. The second kappa shape index (κ2) is 17.2. The summed E-state index contributed by atoms with van der Waals surface area (Å²) in [5, 5.41) is 0. The highest BCUT2D eigenvalue weighted by Gasteiger charge is 2.09. The lowest BCUT2D eigenvalue weighted by atomic mass is 10.0. The van der Waals surface area contributed by atoms with E-state index in [0.29, 0.717) is 10.8 Å². The van der Waals surface area contributed by atoms with E-state index in [9.17, 15) is 13.2 Å². The van der Waals surface area contributed by atoms with E-state index in [1.165, 1.54) is 77.0 Å². The average Bonchev–Trinajstić information content (AvgIpc) is 2.57. The topological polar surface area (TPSA) is 80.5 Å². The Morgan fingerprint density at radius 3 is 1.38 bits per heavy atom. The summed E-state index contributed by atoms with van der Waals surface area (Å²) >= 11 is 0. The monoisotopic (exact) mass is 362 g/mol. The molecule has 0 rings (SSSR count). The molecule has 1 amide bonds. The predicted octanol–water partition coefficient (Wildman–Crippen LogP) is 4.48. The van der Waals surface area contributed by atoms with Crippen molar-refractivity contribution in [2.75, 3.05) is 0 Å². The van der Waals surface area contributed by atoms with Gasteiger partial charge in [0.05, 0.1) is 0 Å². The predicted molar refractivity (Wildman–Crippen MR) is 101 cm³/mol. The van der Waals surface area contributed by atoms with Gasteiger partial charge in [-0.3, -0.25) is 4.79 Å². The van der Waals surface area contributed by atoms with Crippen LogP contribution in [0.3, 0.4) is 0 Å². The number of carbonyl (C=O) groups excluding carboxylic acids is 1. The molecule has 0 aromatic heterocycles. The second-order valence-corrected chi connectivity index (χ2v) is 7.58. The zero-order valence-corrected chi connectivity index (χ0v) is 16.4. The van der Waals surface area contributed by atoms with Crippen molar-refractivity contribution < 1.29 is 13.2 Å². The van der Waals surface area contributed by atoms with Crippen LogP contribution in [0.1, 0.15) is 110 Å². The Kier molecular flexibility index (Phi) is 16.8. The molecule has 0 saturated carbocycles. The van der Waals surface area contributed by atoms with E-state index < -0.39 is 16.8 Å². The highest BCUT2D eigenvalue weighted by Crippen LogP contribution is 2.13. The van der Waals surface area contributed by atoms with Crippen molar-refractivity contribution in [2.45, 2.75) is 110 Å². The first kappa shape index (κ1) is 23.4. The van der Waals surface area contributed by atoms with Gasteiger partial charge >= 0.3 is 0 Å². The summed E-state index contributed by atoms with van der Waals surface area (Å²) in [4.78, 5) is 11.3. The Balaban J connectivity index is 3.19. The Hall–Kier alpha value is -0.620. The molecule has 0 bridgehead atoms. The number of hydrazine groups is 1. The number of nitrogens with two attached hydrogens (primary N) is 1. The van der Waals surface area contributed by atoms with Crippen LogP contribution in [0.15, 0.2) is 0 Å². The molecule has 0 aromatic rings. The van der Waals surface area contributed by atoms with Gasteiger partial charge in [0.2, 0.25) is 16.8 Å². The van der Waals surface area contributed by atoms with E-state index in [4.69, 9.17) is 5.84 Å². The van der Waals surface area contributed by atoms with Gasteiger partial charge in [0, 0.05) is 6.42 Å². The minimum Gasteiger partial charge on any atom is -0.272 e. The van der Waals surface area contributed by atoms with Crippen LogP contribution in [-0.4, -0.2) is 18.7 Å². The summed E-state index contributed by atoms with van der Waals surface area (Å²) < 4.78 is 21.4. The van der Waals surface area contributed by atoms with Crippen LogP contribution < -0.4 is 5.84 Å². The average molecular weight is 363 g/mol. The van der Waals surface area contributed by atoms with Gasteiger partial charge in [-0.25, -0.2) is 14.3 Å². The molecule has 0 aliphatic rings. The molecule has 0 radical (unpaired) electrons. The highest BCUT2D eigenvalue weighted by atomic mass is 32.2. The molecule has 2 N–H and O–H groups in total. The van der Waals surface area contributed by atoms with E-state index in [1.807, 2.05) is 0 Å². The molecule has 144 valence electrons. The third-order valence-electron chi connectivity index (χ3n) is 4.43. The second-order valence-electron chi connectivity index (χ2n) is 6.68. The fourth-order valence-electron chi connectivity index (χ4n) is 2.85. The standard InChI is InChI=1S/C18H38N2O3S/c1-2-3-4-5-6-7-8-9-10-11-12-13-14-15-16-17-18(21)20(19)24(22)23/h24H,2-17,19H2,1H3. The summed E-state index contributed by atoms with van der Waals surface area (Å²) in [6.45, 7) is 2.26. The van der Waals surface area contributed by atoms with Gasteiger partial charge in [0.15, 0.2) is 0 Å². The SMILES string of the molecule is CCCCCCCCCCCCCCCCCC(=O)N(N)[SH](=O)=O. The van der Waals surface area contributed by atoms with E-state index in [1.54, 1.807) is 0 Å². The molecule has 0 aliphatic heterocycles. The number of nitrogens with zero attached hydrogens (tertiary/aromatic N) is 1. The fraction of sp³-hybridized carbons (Fsp3) is 0.944. The van der Waals surface area contributed by atoms with Crippen LogP contribution in [0.5, 0.6) is 0 Å². The number of carbonyl (C=O) groups is 1. The fourth-order valence-corrected chi connectivity index (χ4v) is 3.14. The highest BCUT2D eigenvalue weighted by molar-refractivity contribution is 7.70. The summed E-state index contributed by atoms with van der Waals surface area (Å²) in [6.07, 6.45) is 19.2. The van der Waals surface area contributed by atoms with Crippen LogP contribution >= 0.6 is 0 Å². The molecule has 24 heavy (non-hydrogen) atoms. The van der Waals surface area contributed by atoms with Crippen LogP contribution in [0.25, 0.3) is 0 Å². The van der Waals surface area contributed by atoms with Crippen LogP contribution in [-0.2, 0) is 15.7 Å². The molecular weight excluding hydrogens is 324 g/mol. The van der Waals surface area contributed by atoms with Gasteiger partial charge in [0.1, 0.15) is 0 Å². The molecule has 0 saturated heterocycles. The number of rotatable bonds is 17. The van der Waals surface area contributed by atoms with Crippen LogP contribution in [0.2, 0.25) is 0 Å². The van der Waals surface area contributed by atoms with Gasteiger partial charge in [-0.2, -0.15) is 4.41 Å². The van der Waals surface area contributed by atoms with Gasteiger partial charge in [-0.05, 0) is 6.42 Å². The lowest BCUT2D eigenvalue weighted by Crippen LogP contribution is -2.35. The van der Waals surface area contributed by atoms with Crippen molar-refractivity contribution in [3.8, 4) is 0 Å². The maximum atomic E-state index is 11.3. The third-order valence-corrected chi connectivity index (χ3v) is 5.00. The van der Waals surface area contributed by atoms with Crippen molar-refractivity contribution in [1.82, 2.24) is 4.41 Å². The van der Waals surface area contributed by atoms with Gasteiger partial charge < -0.3 is 0 Å². The summed E-state index contributed by atoms with van der Waals surface area (Å²) in [6, 6.07) is 0. The van der Waals surface area contributed by atoms with Crippen molar-refractivity contribution in [1.29, 1.82) is 0 Å². The number of unbranched alkanes of at least 4 members (excludes halogenated alkanes) is 14. The first-order valence-electron chi connectivity index (χ1n) is 9.81. The minimum absolute atomic E-state index is 0.220. The van der Waals surface area contributed by atoms with Gasteiger partial charge in [-0.15, -0.1) is 0 Å². The summed E-state index contributed by atoms with van der Waals surface area (Å²) in [5.41, 5.74) is 0. The molecule has 0 heterocycles. The maximum absolute atomic E-state index is 11.3. The maximum Gasteiger partial charge on any atom is 0.250 e. The number of thiol groups is 1. The number of hydrogen-bond donors (Lipinski definition) is 2. The van der Waals surface area contributed by atoms with Crippen LogP contribution in [0, 0.1) is 0 Å². The largest absolute Gasteiger partial charge is 0.272 e. The lowest BCUT2D eigenvalue weighted by Gasteiger charge is -2.07. The van der Waals surface area contributed by atoms with E-state index in [2.05, 4.69) is 6.92 Å². The van der Waals surface area contributed by atoms with E-state index in [0.717, 1.165) is 12.8 Å². The number of hydrogen-bond acceptors (Lipinski definition) is 4. The Labute approximate surface area is 150 Å². The Bertz CT molecular complexity index is 365. The minimum atomic E-state index is -2.98. The molecule has 0 unspecified atom stereocenters. The first-order valence-corrected chi connectivity index (χ1v) is 10.9. The molecule has 0 atom stereocenters. The van der Waals surface area contributed by atoms with Crippen molar-refractivity contribution in [2.24, 2.45) is 5.84 Å². The van der Waals surface area contributed by atoms with Crippen molar-refractivity contribution in [3.63, 3.8) is 0 Å². The normalized spacial score (nSPS) is 11.1. The zero-order valence-electron chi connectivity index (χ0n) is 15.5. The van der Waals surface area contributed by atoms with E-state index >= 15 is 0 Å². The quantitative estimate of drug-likeness (QED) is 0.131. The molecule has 6 heteroatoms. The molecule has 0 spiro atoms. The molecule has 5 nitrogen and oxygen atoms in total. The summed E-state index contributed by atoms with van der Waals surface area (Å²) in [7, 11) is -2.98. The van der Waals surface area contributed by atoms with Crippen molar-refractivity contribution in [3.05, 3.63) is 0 Å². The molecule has 0 aliphatic carbocycles. The third kappa shape index (κ3) is 14.9. The van der Waals surface area contributed by atoms with E-state index in [-0.39, 0.29) is 6.42 Å². The smallest absolute Gasteiger partial charge is 0.250 e. The molecular formula is C18H38N2O3S. The number of amides is 1. The van der Waals surface area contributed by atoms with Crippen molar-refractivity contribution >= 4 is 16.8 Å². The Morgan fingerprint density at radius 1 is 0.708 bits per heavy atom. The molecule has 0 fully saturated rings. The lowest BCUT2D eigenvalue weighted by molar-refractivity contribution is -0.126. The van der Waals surface area contributed by atoms with Gasteiger partial charge in [0.25, 0.3) is 0 Å². The molecule has 0 aromatic carbocycles. The Morgan fingerprint density at radius 2 is 1.04 bits per heavy atom.